The first-order valence-corrected chi connectivity index (χ1v) is 8.37. The van der Waals surface area contributed by atoms with E-state index in [2.05, 4.69) is 49.4 Å². The smallest absolute Gasteiger partial charge is 0.241 e. The number of nitrogens with two attached hydrogens (primary N) is 1. The van der Waals surface area contributed by atoms with Gasteiger partial charge < -0.3 is 5.73 Å². The van der Waals surface area contributed by atoms with E-state index in [-0.39, 0.29) is 5.92 Å². The topological polar surface area (TPSA) is 43.1 Å². The molecular formula is C23H21NO. The molecule has 124 valence electrons. The molecule has 0 spiro atoms. The maximum absolute atomic E-state index is 11.1. The average Bonchev–Trinajstić information content (AvgIpc) is 2.67. The normalized spacial score (nSPS) is 12.2. The molecule has 25 heavy (non-hydrogen) atoms. The van der Waals surface area contributed by atoms with Crippen LogP contribution in [0.2, 0.25) is 0 Å². The van der Waals surface area contributed by atoms with Crippen LogP contribution in [0, 0.1) is 0 Å². The van der Waals surface area contributed by atoms with Gasteiger partial charge in [-0.15, -0.1) is 0 Å². The van der Waals surface area contributed by atoms with Gasteiger partial charge >= 0.3 is 0 Å². The molecule has 1 unspecified atom stereocenters. The minimum Gasteiger partial charge on any atom is -0.366 e. The number of carbonyl (C=O) groups is 1. The molecule has 0 aliphatic heterocycles. The molecule has 3 rings (SSSR count). The standard InChI is InChI=1S/C23H21NO/c1-17(18-8-4-2-5-9-18)22-16-21(19-10-6-3-7-11-19)13-12-20(22)14-15-23(24)25/h2-17H,1H3,(H2,24,25). The number of carbonyl (C=O) groups excluding carboxylic acids is 1. The highest BCUT2D eigenvalue weighted by atomic mass is 16.1. The summed E-state index contributed by atoms with van der Waals surface area (Å²) in [6.45, 7) is 2.18. The van der Waals surface area contributed by atoms with Crippen LogP contribution >= 0.6 is 0 Å². The molecule has 1 amide bonds. The van der Waals surface area contributed by atoms with E-state index in [4.69, 9.17) is 5.73 Å². The second-order valence-corrected chi connectivity index (χ2v) is 6.08. The molecule has 2 heteroatoms. The van der Waals surface area contributed by atoms with E-state index >= 15 is 0 Å². The van der Waals surface area contributed by atoms with Crippen LogP contribution in [0.3, 0.4) is 0 Å². The summed E-state index contributed by atoms with van der Waals surface area (Å²) >= 11 is 0. The third-order valence-corrected chi connectivity index (χ3v) is 4.39. The number of primary amides is 1. The Morgan fingerprint density at radius 3 is 2.16 bits per heavy atom. The van der Waals surface area contributed by atoms with Gasteiger partial charge in [-0.25, -0.2) is 0 Å². The lowest BCUT2D eigenvalue weighted by Gasteiger charge is -2.17. The highest BCUT2D eigenvalue weighted by Gasteiger charge is 2.13. The second kappa shape index (κ2) is 7.63. The first kappa shape index (κ1) is 16.7. The van der Waals surface area contributed by atoms with E-state index in [0.717, 1.165) is 11.1 Å². The Hall–Kier alpha value is -3.13. The largest absolute Gasteiger partial charge is 0.366 e. The van der Waals surface area contributed by atoms with Crippen molar-refractivity contribution in [2.45, 2.75) is 12.8 Å². The Kier molecular flexibility index (Phi) is 5.10. The van der Waals surface area contributed by atoms with Crippen molar-refractivity contribution >= 4 is 12.0 Å². The van der Waals surface area contributed by atoms with Crippen LogP contribution in [0.25, 0.3) is 17.2 Å². The van der Waals surface area contributed by atoms with Gasteiger partial charge in [0.25, 0.3) is 0 Å². The lowest BCUT2D eigenvalue weighted by molar-refractivity contribution is -0.113. The number of hydrogen-bond donors (Lipinski definition) is 1. The molecule has 1 atom stereocenters. The minimum atomic E-state index is -0.439. The van der Waals surface area contributed by atoms with E-state index in [1.807, 2.05) is 36.4 Å². The maximum atomic E-state index is 11.1. The number of benzene rings is 3. The Balaban J connectivity index is 2.09. The highest BCUT2D eigenvalue weighted by Crippen LogP contribution is 2.31. The van der Waals surface area contributed by atoms with Crippen molar-refractivity contribution < 1.29 is 4.79 Å². The molecule has 0 aliphatic carbocycles. The summed E-state index contributed by atoms with van der Waals surface area (Å²) in [6, 6.07) is 27.0. The van der Waals surface area contributed by atoms with Crippen LogP contribution < -0.4 is 5.73 Å². The van der Waals surface area contributed by atoms with Gasteiger partial charge in [-0.3, -0.25) is 4.79 Å². The summed E-state index contributed by atoms with van der Waals surface area (Å²) in [7, 11) is 0. The number of amides is 1. The average molecular weight is 327 g/mol. The molecule has 0 aliphatic rings. The second-order valence-electron chi connectivity index (χ2n) is 6.08. The van der Waals surface area contributed by atoms with Gasteiger partial charge in [-0.1, -0.05) is 79.7 Å². The van der Waals surface area contributed by atoms with Crippen LogP contribution in [0.5, 0.6) is 0 Å². The van der Waals surface area contributed by atoms with Crippen LogP contribution in [0.4, 0.5) is 0 Å². The summed E-state index contributed by atoms with van der Waals surface area (Å²) in [5, 5.41) is 0. The Labute approximate surface area is 148 Å². The van der Waals surface area contributed by atoms with Crippen LogP contribution in [0.15, 0.2) is 84.9 Å². The van der Waals surface area contributed by atoms with Gasteiger partial charge in [0.15, 0.2) is 0 Å². The first-order valence-electron chi connectivity index (χ1n) is 8.37. The Morgan fingerprint density at radius 1 is 0.880 bits per heavy atom. The van der Waals surface area contributed by atoms with Gasteiger partial charge in [0.05, 0.1) is 0 Å². The zero-order valence-corrected chi connectivity index (χ0v) is 14.2. The SMILES string of the molecule is CC(c1ccccc1)c1cc(-c2ccccc2)ccc1C=CC(N)=O. The molecule has 0 fully saturated rings. The fourth-order valence-corrected chi connectivity index (χ4v) is 3.00. The van der Waals surface area contributed by atoms with E-state index < -0.39 is 5.91 Å². The van der Waals surface area contributed by atoms with E-state index in [1.54, 1.807) is 6.08 Å². The van der Waals surface area contributed by atoms with Crippen molar-refractivity contribution in [3.63, 3.8) is 0 Å². The Morgan fingerprint density at radius 2 is 1.52 bits per heavy atom. The summed E-state index contributed by atoms with van der Waals surface area (Å²) < 4.78 is 0. The molecule has 3 aromatic rings. The lowest BCUT2D eigenvalue weighted by atomic mass is 9.87. The zero-order valence-electron chi connectivity index (χ0n) is 14.2. The van der Waals surface area contributed by atoms with Gasteiger partial charge in [0.1, 0.15) is 0 Å². The van der Waals surface area contributed by atoms with Crippen LogP contribution in [-0.2, 0) is 4.79 Å². The zero-order chi connectivity index (χ0) is 17.6. The molecule has 0 aromatic heterocycles. The highest BCUT2D eigenvalue weighted by molar-refractivity contribution is 5.90. The summed E-state index contributed by atoms with van der Waals surface area (Å²) in [5.74, 6) is -0.233. The molecule has 2 nitrogen and oxygen atoms in total. The molecule has 0 heterocycles. The number of hydrogen-bond acceptors (Lipinski definition) is 1. The number of rotatable bonds is 5. The maximum Gasteiger partial charge on any atom is 0.241 e. The molecular weight excluding hydrogens is 306 g/mol. The quantitative estimate of drug-likeness (QED) is 0.658. The fourth-order valence-electron chi connectivity index (χ4n) is 3.00. The van der Waals surface area contributed by atoms with Crippen molar-refractivity contribution in [3.8, 4) is 11.1 Å². The molecule has 2 N–H and O–H groups in total. The van der Waals surface area contributed by atoms with Crippen molar-refractivity contribution in [1.82, 2.24) is 0 Å². The van der Waals surface area contributed by atoms with Crippen molar-refractivity contribution in [2.24, 2.45) is 5.73 Å². The third kappa shape index (κ3) is 4.04. The van der Waals surface area contributed by atoms with Gasteiger partial charge in [0, 0.05) is 12.0 Å². The molecule has 0 radical (unpaired) electrons. The molecule has 3 aromatic carbocycles. The molecule has 0 bridgehead atoms. The summed E-state index contributed by atoms with van der Waals surface area (Å²) in [5.41, 5.74) is 11.0. The summed E-state index contributed by atoms with van der Waals surface area (Å²) in [4.78, 5) is 11.1. The molecule has 0 saturated carbocycles. The lowest BCUT2D eigenvalue weighted by Crippen LogP contribution is -2.05. The van der Waals surface area contributed by atoms with Crippen LogP contribution in [-0.4, -0.2) is 5.91 Å². The van der Waals surface area contributed by atoms with E-state index in [9.17, 15) is 4.79 Å². The fraction of sp³-hybridized carbons (Fsp3) is 0.0870. The van der Waals surface area contributed by atoms with Crippen molar-refractivity contribution in [1.29, 1.82) is 0 Å². The minimum absolute atomic E-state index is 0.206. The van der Waals surface area contributed by atoms with Crippen molar-refractivity contribution in [2.75, 3.05) is 0 Å². The van der Waals surface area contributed by atoms with E-state index in [0.29, 0.717) is 0 Å². The predicted molar refractivity (Wildman–Crippen MR) is 104 cm³/mol. The van der Waals surface area contributed by atoms with Crippen molar-refractivity contribution in [3.05, 3.63) is 102 Å². The van der Waals surface area contributed by atoms with E-state index in [1.165, 1.54) is 22.8 Å². The first-order chi connectivity index (χ1) is 12.1. The van der Waals surface area contributed by atoms with Gasteiger partial charge in [-0.2, -0.15) is 0 Å². The predicted octanol–water partition coefficient (Wildman–Crippen LogP) is 5.00. The summed E-state index contributed by atoms with van der Waals surface area (Å²) in [6.07, 6.45) is 3.21. The van der Waals surface area contributed by atoms with Gasteiger partial charge in [0.2, 0.25) is 5.91 Å². The third-order valence-electron chi connectivity index (χ3n) is 4.39. The van der Waals surface area contributed by atoms with Crippen LogP contribution in [0.1, 0.15) is 29.5 Å². The van der Waals surface area contributed by atoms with Gasteiger partial charge in [-0.05, 0) is 40.0 Å². The Bertz CT molecular complexity index is 882. The monoisotopic (exact) mass is 327 g/mol. The molecule has 0 saturated heterocycles.